The molecule has 1 aromatic rings. The second-order valence-corrected chi connectivity index (χ2v) is 5.48. The van der Waals surface area contributed by atoms with Crippen molar-refractivity contribution in [3.05, 3.63) is 27.7 Å². The number of aromatic nitrogens is 1. The van der Waals surface area contributed by atoms with Crippen molar-refractivity contribution in [1.29, 1.82) is 0 Å². The maximum atomic E-state index is 12.5. The molecule has 110 valence electrons. The van der Waals surface area contributed by atoms with Crippen molar-refractivity contribution in [1.82, 2.24) is 9.88 Å². The molecule has 1 amide bonds. The van der Waals surface area contributed by atoms with E-state index in [0.29, 0.717) is 5.01 Å². The highest BCUT2D eigenvalue weighted by molar-refractivity contribution is 7.09. The van der Waals surface area contributed by atoms with E-state index >= 15 is 0 Å². The Morgan fingerprint density at radius 1 is 1.55 bits per heavy atom. The van der Waals surface area contributed by atoms with Crippen LogP contribution >= 0.6 is 11.3 Å². The lowest BCUT2D eigenvalue weighted by molar-refractivity contribution is -0.0957. The number of hydrogen-bond donors (Lipinski definition) is 1. The van der Waals surface area contributed by atoms with Crippen LogP contribution in [0.15, 0.2) is 17.0 Å². The van der Waals surface area contributed by atoms with Gasteiger partial charge in [-0.3, -0.25) is 4.79 Å². The van der Waals surface area contributed by atoms with E-state index in [-0.39, 0.29) is 37.2 Å². The molecule has 0 aromatic carbocycles. The Balaban J connectivity index is 2.06. The summed E-state index contributed by atoms with van der Waals surface area (Å²) in [4.78, 5) is 17.6. The average Bonchev–Trinajstić information content (AvgIpc) is 2.86. The number of carbonyl (C=O) groups is 1. The number of thiazole rings is 1. The van der Waals surface area contributed by atoms with Crippen molar-refractivity contribution < 1.29 is 18.0 Å². The first-order chi connectivity index (χ1) is 9.29. The molecule has 0 aliphatic carbocycles. The second-order valence-electron chi connectivity index (χ2n) is 4.59. The maximum absolute atomic E-state index is 12.5. The summed E-state index contributed by atoms with van der Waals surface area (Å²) >= 11 is 1.28. The van der Waals surface area contributed by atoms with Crippen molar-refractivity contribution >= 4 is 17.2 Å². The quantitative estimate of drug-likeness (QED) is 0.854. The SMILES string of the molecule is CC(N)c1nc(C(=O)N2CC=C(C(F)(F)F)CC2)cs1. The molecule has 0 saturated heterocycles. The lowest BCUT2D eigenvalue weighted by Gasteiger charge is -2.26. The van der Waals surface area contributed by atoms with Gasteiger partial charge < -0.3 is 10.6 Å². The van der Waals surface area contributed by atoms with E-state index in [4.69, 9.17) is 5.73 Å². The van der Waals surface area contributed by atoms with E-state index in [1.165, 1.54) is 16.2 Å². The number of hydrogen-bond acceptors (Lipinski definition) is 4. The van der Waals surface area contributed by atoms with Crippen LogP contribution in [0.4, 0.5) is 13.2 Å². The summed E-state index contributed by atoms with van der Waals surface area (Å²) in [7, 11) is 0. The largest absolute Gasteiger partial charge is 0.412 e. The molecule has 2 N–H and O–H groups in total. The molecule has 1 aromatic heterocycles. The normalized spacial score (nSPS) is 17.9. The van der Waals surface area contributed by atoms with Crippen molar-refractivity contribution in [2.45, 2.75) is 25.6 Å². The van der Waals surface area contributed by atoms with Crippen LogP contribution < -0.4 is 5.73 Å². The van der Waals surface area contributed by atoms with E-state index in [9.17, 15) is 18.0 Å². The lowest BCUT2D eigenvalue weighted by Crippen LogP contribution is -2.37. The third-order valence-electron chi connectivity index (χ3n) is 2.99. The molecule has 1 atom stereocenters. The monoisotopic (exact) mass is 305 g/mol. The molecular formula is C12H14F3N3OS. The van der Waals surface area contributed by atoms with Gasteiger partial charge in [0.15, 0.2) is 0 Å². The van der Waals surface area contributed by atoms with Gasteiger partial charge in [-0.2, -0.15) is 13.2 Å². The van der Waals surface area contributed by atoms with Crippen LogP contribution in [0.1, 0.15) is 34.9 Å². The van der Waals surface area contributed by atoms with Crippen molar-refractivity contribution in [2.24, 2.45) is 5.73 Å². The van der Waals surface area contributed by atoms with Crippen molar-refractivity contribution in [2.75, 3.05) is 13.1 Å². The van der Waals surface area contributed by atoms with Crippen molar-refractivity contribution in [3.63, 3.8) is 0 Å². The third kappa shape index (κ3) is 3.18. The minimum absolute atomic E-state index is 0.0429. The van der Waals surface area contributed by atoms with Gasteiger partial charge in [-0.05, 0) is 13.3 Å². The molecule has 0 saturated carbocycles. The van der Waals surface area contributed by atoms with Gasteiger partial charge in [0.2, 0.25) is 0 Å². The minimum atomic E-state index is -4.31. The zero-order valence-electron chi connectivity index (χ0n) is 10.8. The molecule has 0 radical (unpaired) electrons. The van der Waals surface area contributed by atoms with Gasteiger partial charge in [-0.15, -0.1) is 11.3 Å². The Kier molecular flexibility index (Phi) is 4.14. The zero-order chi connectivity index (χ0) is 14.9. The minimum Gasteiger partial charge on any atom is -0.333 e. The fourth-order valence-corrected chi connectivity index (χ4v) is 2.62. The number of halogens is 3. The number of alkyl halides is 3. The molecule has 1 aliphatic heterocycles. The summed E-state index contributed by atoms with van der Waals surface area (Å²) in [6.07, 6.45) is -3.43. The van der Waals surface area contributed by atoms with Gasteiger partial charge in [-0.1, -0.05) is 6.08 Å². The number of nitrogens with zero attached hydrogens (tertiary/aromatic N) is 2. The number of nitrogens with two attached hydrogens (primary N) is 1. The van der Waals surface area contributed by atoms with Gasteiger partial charge in [-0.25, -0.2) is 4.98 Å². The van der Waals surface area contributed by atoms with Crippen LogP contribution in [-0.4, -0.2) is 35.1 Å². The Morgan fingerprint density at radius 2 is 2.25 bits per heavy atom. The summed E-state index contributed by atoms with van der Waals surface area (Å²) in [5, 5.41) is 2.22. The third-order valence-corrected chi connectivity index (χ3v) is 4.04. The van der Waals surface area contributed by atoms with Gasteiger partial charge in [0.25, 0.3) is 5.91 Å². The first-order valence-corrected chi connectivity index (χ1v) is 6.93. The summed E-state index contributed by atoms with van der Waals surface area (Å²) in [5.41, 5.74) is 5.33. The highest BCUT2D eigenvalue weighted by Crippen LogP contribution is 2.30. The number of carbonyl (C=O) groups excluding carboxylic acids is 1. The zero-order valence-corrected chi connectivity index (χ0v) is 11.6. The molecule has 8 heteroatoms. The van der Waals surface area contributed by atoms with Crippen LogP contribution in [0.2, 0.25) is 0 Å². The predicted molar refractivity (Wildman–Crippen MR) is 69.4 cm³/mol. The molecule has 0 fully saturated rings. The highest BCUT2D eigenvalue weighted by atomic mass is 32.1. The molecule has 4 nitrogen and oxygen atoms in total. The van der Waals surface area contributed by atoms with Gasteiger partial charge in [0, 0.05) is 24.0 Å². The maximum Gasteiger partial charge on any atom is 0.412 e. The van der Waals surface area contributed by atoms with Crippen LogP contribution in [-0.2, 0) is 0 Å². The Hall–Kier alpha value is -1.41. The molecule has 2 rings (SSSR count). The average molecular weight is 305 g/mol. The molecular weight excluding hydrogens is 291 g/mol. The van der Waals surface area contributed by atoms with Gasteiger partial charge >= 0.3 is 6.18 Å². The predicted octanol–water partition coefficient (Wildman–Crippen LogP) is 2.50. The fourth-order valence-electron chi connectivity index (χ4n) is 1.87. The van der Waals surface area contributed by atoms with Crippen molar-refractivity contribution in [3.8, 4) is 0 Å². The molecule has 20 heavy (non-hydrogen) atoms. The molecule has 1 aliphatic rings. The second kappa shape index (κ2) is 5.53. The first kappa shape index (κ1) is 15.0. The number of amides is 1. The summed E-state index contributed by atoms with van der Waals surface area (Å²) < 4.78 is 37.5. The Morgan fingerprint density at radius 3 is 2.70 bits per heavy atom. The standard InChI is InChI=1S/C12H14F3N3OS/c1-7(16)10-17-9(6-20-10)11(19)18-4-2-8(3-5-18)12(13,14)15/h2,6-7H,3-5,16H2,1H3. The van der Waals surface area contributed by atoms with Crippen LogP contribution in [0.3, 0.4) is 0 Å². The first-order valence-electron chi connectivity index (χ1n) is 6.05. The summed E-state index contributed by atoms with van der Waals surface area (Å²) in [5.74, 6) is -0.356. The number of rotatable bonds is 2. The van der Waals surface area contributed by atoms with Crippen LogP contribution in [0.5, 0.6) is 0 Å². The van der Waals surface area contributed by atoms with Gasteiger partial charge in [0.1, 0.15) is 10.7 Å². The summed E-state index contributed by atoms with van der Waals surface area (Å²) in [6.45, 7) is 1.76. The molecule has 1 unspecified atom stereocenters. The van der Waals surface area contributed by atoms with E-state index < -0.39 is 11.7 Å². The lowest BCUT2D eigenvalue weighted by atomic mass is 10.1. The Labute approximate surface area is 118 Å². The molecule has 0 bridgehead atoms. The topological polar surface area (TPSA) is 59.2 Å². The summed E-state index contributed by atoms with van der Waals surface area (Å²) in [6, 6.07) is -0.264. The van der Waals surface area contributed by atoms with Crippen LogP contribution in [0.25, 0.3) is 0 Å². The smallest absolute Gasteiger partial charge is 0.333 e. The van der Waals surface area contributed by atoms with E-state index in [0.717, 1.165) is 6.08 Å². The molecule has 0 spiro atoms. The van der Waals surface area contributed by atoms with E-state index in [1.807, 2.05) is 0 Å². The molecule has 2 heterocycles. The van der Waals surface area contributed by atoms with E-state index in [1.54, 1.807) is 12.3 Å². The Bertz CT molecular complexity index is 536. The van der Waals surface area contributed by atoms with Gasteiger partial charge in [0.05, 0.1) is 6.04 Å². The fraction of sp³-hybridized carbons (Fsp3) is 0.500. The van der Waals surface area contributed by atoms with Crippen LogP contribution in [0, 0.1) is 0 Å². The van der Waals surface area contributed by atoms with E-state index in [2.05, 4.69) is 4.98 Å². The highest BCUT2D eigenvalue weighted by Gasteiger charge is 2.35.